The van der Waals surface area contributed by atoms with Gasteiger partial charge in [-0.3, -0.25) is 4.21 Å². The van der Waals surface area contributed by atoms with E-state index in [4.69, 9.17) is 9.84 Å². The maximum absolute atomic E-state index is 11.0. The van der Waals surface area contributed by atoms with E-state index in [-0.39, 0.29) is 12.1 Å². The van der Waals surface area contributed by atoms with E-state index in [2.05, 4.69) is 5.32 Å². The van der Waals surface area contributed by atoms with Gasteiger partial charge >= 0.3 is 5.97 Å². The van der Waals surface area contributed by atoms with Crippen molar-refractivity contribution in [1.82, 2.24) is 5.32 Å². The molecule has 4 atom stereocenters. The second kappa shape index (κ2) is 6.32. The first kappa shape index (κ1) is 13.6. The predicted molar refractivity (Wildman–Crippen MR) is 61.9 cm³/mol. The second-order valence-corrected chi connectivity index (χ2v) is 5.69. The van der Waals surface area contributed by atoms with Crippen LogP contribution in [0.2, 0.25) is 0 Å². The lowest BCUT2D eigenvalue weighted by Crippen LogP contribution is -2.37. The monoisotopic (exact) mass is 249 g/mol. The zero-order chi connectivity index (χ0) is 12.1. The summed E-state index contributed by atoms with van der Waals surface area (Å²) in [4.78, 5) is 10.6. The molecule has 0 bridgehead atoms. The van der Waals surface area contributed by atoms with Gasteiger partial charge in [-0.2, -0.15) is 0 Å². The molecule has 0 aliphatic carbocycles. The van der Waals surface area contributed by atoms with Gasteiger partial charge in [0.15, 0.2) is 6.10 Å². The summed E-state index contributed by atoms with van der Waals surface area (Å²) in [6, 6.07) is 0.165. The van der Waals surface area contributed by atoms with E-state index in [1.54, 1.807) is 6.26 Å². The molecule has 0 aromatic rings. The molecule has 5 nitrogen and oxygen atoms in total. The molecule has 4 unspecified atom stereocenters. The molecule has 1 aliphatic rings. The third kappa shape index (κ3) is 4.59. The number of carbonyl (C=O) groups is 1. The molecule has 1 saturated heterocycles. The van der Waals surface area contributed by atoms with Crippen LogP contribution >= 0.6 is 0 Å². The molecule has 94 valence electrons. The van der Waals surface area contributed by atoms with Crippen molar-refractivity contribution in [3.63, 3.8) is 0 Å². The largest absolute Gasteiger partial charge is 0.479 e. The molecular formula is C10H19NO4S. The van der Waals surface area contributed by atoms with Crippen molar-refractivity contribution in [1.29, 1.82) is 0 Å². The summed E-state index contributed by atoms with van der Waals surface area (Å²) in [7, 11) is -0.810. The van der Waals surface area contributed by atoms with Gasteiger partial charge in [0.05, 0.1) is 6.10 Å². The van der Waals surface area contributed by atoms with Crippen LogP contribution in [-0.2, 0) is 20.3 Å². The average Bonchev–Trinajstić information content (AvgIpc) is 2.61. The quantitative estimate of drug-likeness (QED) is 0.691. The van der Waals surface area contributed by atoms with E-state index in [1.165, 1.54) is 0 Å². The summed E-state index contributed by atoms with van der Waals surface area (Å²) in [5, 5.41) is 11.9. The van der Waals surface area contributed by atoms with Crippen LogP contribution in [-0.4, -0.2) is 52.1 Å². The van der Waals surface area contributed by atoms with Crippen molar-refractivity contribution in [2.75, 3.05) is 18.6 Å². The van der Waals surface area contributed by atoms with Crippen molar-refractivity contribution in [2.24, 2.45) is 0 Å². The molecule has 0 amide bonds. The summed E-state index contributed by atoms with van der Waals surface area (Å²) in [5.41, 5.74) is 0. The van der Waals surface area contributed by atoms with Gasteiger partial charge in [-0.15, -0.1) is 0 Å². The lowest BCUT2D eigenvalue weighted by Gasteiger charge is -2.16. The molecule has 1 heterocycles. The minimum Gasteiger partial charge on any atom is -0.479 e. The van der Waals surface area contributed by atoms with Gasteiger partial charge in [0.2, 0.25) is 0 Å². The number of hydrogen-bond acceptors (Lipinski definition) is 4. The number of rotatable bonds is 6. The summed E-state index contributed by atoms with van der Waals surface area (Å²) in [6.45, 7) is 2.59. The van der Waals surface area contributed by atoms with Gasteiger partial charge < -0.3 is 15.2 Å². The molecule has 2 N–H and O–H groups in total. The summed E-state index contributed by atoms with van der Waals surface area (Å²) in [6.07, 6.45) is 2.34. The molecule has 6 heteroatoms. The summed E-state index contributed by atoms with van der Waals surface area (Å²) < 4.78 is 16.3. The minimum atomic E-state index is -0.884. The molecule has 1 fully saturated rings. The van der Waals surface area contributed by atoms with E-state index >= 15 is 0 Å². The van der Waals surface area contributed by atoms with E-state index in [1.807, 2.05) is 6.92 Å². The van der Waals surface area contributed by atoms with Crippen molar-refractivity contribution in [3.8, 4) is 0 Å². The normalized spacial score (nSPS) is 28.9. The Kier molecular flexibility index (Phi) is 5.37. The number of carboxylic acids is 1. The summed E-state index contributed by atoms with van der Waals surface area (Å²) >= 11 is 0. The molecule has 16 heavy (non-hydrogen) atoms. The first-order valence-corrected chi connectivity index (χ1v) is 7.13. The average molecular weight is 249 g/mol. The van der Waals surface area contributed by atoms with Gasteiger partial charge in [-0.05, 0) is 19.8 Å². The predicted octanol–water partition coefficient (Wildman–Crippen LogP) is -0.0248. The van der Waals surface area contributed by atoms with Crippen LogP contribution in [0.4, 0.5) is 0 Å². The van der Waals surface area contributed by atoms with Crippen LogP contribution in [0.3, 0.4) is 0 Å². The molecule has 1 aliphatic heterocycles. The second-order valence-electron chi connectivity index (χ2n) is 4.21. The molecular weight excluding hydrogens is 230 g/mol. The van der Waals surface area contributed by atoms with Crippen molar-refractivity contribution in [2.45, 2.75) is 38.0 Å². The Bertz CT molecular complexity index is 272. The van der Waals surface area contributed by atoms with Gasteiger partial charge in [-0.25, -0.2) is 4.79 Å². The van der Waals surface area contributed by atoms with Crippen molar-refractivity contribution >= 4 is 16.8 Å². The Labute approximate surface area is 98.0 Å². The first-order chi connectivity index (χ1) is 7.49. The van der Waals surface area contributed by atoms with E-state index < -0.39 is 22.9 Å². The topological polar surface area (TPSA) is 75.6 Å². The van der Waals surface area contributed by atoms with Gasteiger partial charge in [0.25, 0.3) is 0 Å². The van der Waals surface area contributed by atoms with Gasteiger partial charge in [0.1, 0.15) is 0 Å². The Hall–Kier alpha value is -0.460. The number of hydrogen-bond donors (Lipinski definition) is 2. The number of nitrogens with one attached hydrogen (secondary N) is 1. The highest BCUT2D eigenvalue weighted by molar-refractivity contribution is 7.84. The number of aliphatic carboxylic acids is 1. The zero-order valence-corrected chi connectivity index (χ0v) is 10.5. The maximum Gasteiger partial charge on any atom is 0.332 e. The zero-order valence-electron chi connectivity index (χ0n) is 9.64. The van der Waals surface area contributed by atoms with E-state index in [0.29, 0.717) is 18.7 Å². The van der Waals surface area contributed by atoms with Crippen LogP contribution < -0.4 is 5.32 Å². The fourth-order valence-corrected chi connectivity index (χ4v) is 2.60. The highest BCUT2D eigenvalue weighted by atomic mass is 32.2. The first-order valence-electron chi connectivity index (χ1n) is 5.40. The molecule has 0 aromatic heterocycles. The fraction of sp³-hybridized carbons (Fsp3) is 0.900. The van der Waals surface area contributed by atoms with Crippen molar-refractivity contribution in [3.05, 3.63) is 0 Å². The summed E-state index contributed by atoms with van der Waals surface area (Å²) in [5.74, 6) is -0.278. The van der Waals surface area contributed by atoms with Gasteiger partial charge in [0, 0.05) is 35.4 Å². The van der Waals surface area contributed by atoms with Crippen LogP contribution in [0.5, 0.6) is 0 Å². The third-order valence-electron chi connectivity index (χ3n) is 2.56. The van der Waals surface area contributed by atoms with E-state index in [0.717, 1.165) is 6.42 Å². The van der Waals surface area contributed by atoms with Crippen LogP contribution in [0.15, 0.2) is 0 Å². The molecule has 1 rings (SSSR count). The number of ether oxygens (including phenoxy) is 1. The van der Waals surface area contributed by atoms with Gasteiger partial charge in [-0.1, -0.05) is 0 Å². The Balaban J connectivity index is 2.19. The van der Waals surface area contributed by atoms with Crippen LogP contribution in [0.25, 0.3) is 0 Å². The molecule has 0 saturated carbocycles. The Morgan fingerprint density at radius 1 is 1.62 bits per heavy atom. The molecule has 0 spiro atoms. The Morgan fingerprint density at radius 3 is 2.81 bits per heavy atom. The van der Waals surface area contributed by atoms with Crippen LogP contribution in [0.1, 0.15) is 19.8 Å². The SMILES string of the molecule is CC(CS(C)=O)NCC1CCC(C(=O)O)O1. The highest BCUT2D eigenvalue weighted by Crippen LogP contribution is 2.19. The standard InChI is InChI=1S/C10H19NO4S/c1-7(6-16(2)14)11-5-8-3-4-9(15-8)10(12)13/h7-9,11H,3-6H2,1-2H3,(H,12,13). The lowest BCUT2D eigenvalue weighted by molar-refractivity contribution is -0.149. The Morgan fingerprint density at radius 2 is 2.31 bits per heavy atom. The minimum absolute atomic E-state index is 0.0335. The van der Waals surface area contributed by atoms with E-state index in [9.17, 15) is 9.00 Å². The fourth-order valence-electron chi connectivity index (χ4n) is 1.78. The highest BCUT2D eigenvalue weighted by Gasteiger charge is 2.30. The lowest BCUT2D eigenvalue weighted by atomic mass is 10.2. The maximum atomic E-state index is 11.0. The number of carboxylic acid groups (broad SMARTS) is 1. The molecule has 0 radical (unpaired) electrons. The smallest absolute Gasteiger partial charge is 0.332 e. The third-order valence-corrected chi connectivity index (χ3v) is 3.53. The van der Waals surface area contributed by atoms with Crippen molar-refractivity contribution < 1.29 is 18.8 Å². The van der Waals surface area contributed by atoms with Crippen LogP contribution in [0, 0.1) is 0 Å². The molecule has 0 aromatic carbocycles.